The molecule has 1 fully saturated rings. The smallest absolute Gasteiger partial charge is 0.265 e. The first-order valence-electron chi connectivity index (χ1n) is 6.81. The molecule has 1 aliphatic rings. The number of nitrogens with zero attached hydrogens (tertiary/aromatic N) is 1. The van der Waals surface area contributed by atoms with Crippen molar-refractivity contribution in [1.82, 2.24) is 9.97 Å². The molecule has 3 rings (SSSR count). The molecule has 1 aromatic heterocycles. The molecule has 0 spiro atoms. The van der Waals surface area contributed by atoms with Crippen LogP contribution in [0.1, 0.15) is 37.3 Å². The number of aromatic amines is 1. The Hall–Kier alpha value is -1.01. The van der Waals surface area contributed by atoms with E-state index in [1.165, 1.54) is 12.1 Å². The van der Waals surface area contributed by atoms with Gasteiger partial charge in [0, 0.05) is 16.0 Å². The van der Waals surface area contributed by atoms with Gasteiger partial charge in [0.05, 0.1) is 5.69 Å². The van der Waals surface area contributed by atoms with Crippen LogP contribution < -0.4 is 5.56 Å². The van der Waals surface area contributed by atoms with Gasteiger partial charge < -0.3 is 4.98 Å². The highest BCUT2D eigenvalue weighted by molar-refractivity contribution is 9.10. The molecule has 0 amide bonds. The first kappa shape index (κ1) is 14.9. The SMILES string of the molecule is O=c1[nH]c(-c2cc(F)ccc2Br)nc(C2CCCC2)c1Br. The predicted molar refractivity (Wildman–Crippen MR) is 86.9 cm³/mol. The number of rotatable bonds is 2. The quantitative estimate of drug-likeness (QED) is 0.768. The van der Waals surface area contributed by atoms with Gasteiger partial charge in [-0.25, -0.2) is 9.37 Å². The Bertz CT molecular complexity index is 739. The van der Waals surface area contributed by atoms with Gasteiger partial charge in [-0.05, 0) is 47.0 Å². The maximum absolute atomic E-state index is 13.5. The summed E-state index contributed by atoms with van der Waals surface area (Å²) < 4.78 is 14.7. The van der Waals surface area contributed by atoms with E-state index < -0.39 is 0 Å². The fourth-order valence-corrected chi connectivity index (χ4v) is 3.70. The molecular weight excluding hydrogens is 403 g/mol. The third kappa shape index (κ3) is 2.97. The Balaban J connectivity index is 2.15. The van der Waals surface area contributed by atoms with Gasteiger partial charge in [0.2, 0.25) is 0 Å². The van der Waals surface area contributed by atoms with Crippen molar-refractivity contribution >= 4 is 31.9 Å². The number of H-pyrrole nitrogens is 1. The van der Waals surface area contributed by atoms with Gasteiger partial charge in [0.25, 0.3) is 5.56 Å². The summed E-state index contributed by atoms with van der Waals surface area (Å²) in [5.74, 6) is 0.338. The predicted octanol–water partition coefficient (Wildman–Crippen LogP) is 4.76. The van der Waals surface area contributed by atoms with E-state index in [-0.39, 0.29) is 11.4 Å². The maximum atomic E-state index is 13.5. The van der Waals surface area contributed by atoms with Crippen molar-refractivity contribution in [2.45, 2.75) is 31.6 Å². The largest absolute Gasteiger partial charge is 0.305 e. The van der Waals surface area contributed by atoms with Crippen molar-refractivity contribution in [3.8, 4) is 11.4 Å². The first-order valence-corrected chi connectivity index (χ1v) is 8.40. The van der Waals surface area contributed by atoms with Crippen LogP contribution in [0.15, 0.2) is 31.9 Å². The second kappa shape index (κ2) is 6.01. The lowest BCUT2D eigenvalue weighted by molar-refractivity contribution is 0.627. The molecule has 21 heavy (non-hydrogen) atoms. The fourth-order valence-electron chi connectivity index (χ4n) is 2.75. The average molecular weight is 416 g/mol. The van der Waals surface area contributed by atoms with Crippen LogP contribution in [0.5, 0.6) is 0 Å². The van der Waals surface area contributed by atoms with Crippen LogP contribution in [-0.4, -0.2) is 9.97 Å². The lowest BCUT2D eigenvalue weighted by Crippen LogP contribution is -2.15. The van der Waals surface area contributed by atoms with Crippen molar-refractivity contribution in [2.75, 3.05) is 0 Å². The summed E-state index contributed by atoms with van der Waals surface area (Å²) in [5, 5.41) is 0. The normalized spacial score (nSPS) is 15.6. The Morgan fingerprint density at radius 1 is 1.24 bits per heavy atom. The number of aromatic nitrogens is 2. The van der Waals surface area contributed by atoms with Gasteiger partial charge in [-0.1, -0.05) is 28.8 Å². The minimum atomic E-state index is -0.360. The highest BCUT2D eigenvalue weighted by Crippen LogP contribution is 2.36. The maximum Gasteiger partial charge on any atom is 0.265 e. The Morgan fingerprint density at radius 3 is 2.67 bits per heavy atom. The molecule has 1 aromatic carbocycles. The van der Waals surface area contributed by atoms with E-state index in [4.69, 9.17) is 0 Å². The molecule has 6 heteroatoms. The Morgan fingerprint density at radius 2 is 1.95 bits per heavy atom. The van der Waals surface area contributed by atoms with E-state index in [9.17, 15) is 9.18 Å². The number of hydrogen-bond acceptors (Lipinski definition) is 2. The molecule has 0 atom stereocenters. The van der Waals surface area contributed by atoms with E-state index in [0.29, 0.717) is 26.3 Å². The Kier molecular flexibility index (Phi) is 4.26. The zero-order valence-corrected chi connectivity index (χ0v) is 14.3. The molecule has 0 unspecified atom stereocenters. The fraction of sp³-hybridized carbons (Fsp3) is 0.333. The van der Waals surface area contributed by atoms with E-state index in [1.54, 1.807) is 6.07 Å². The van der Waals surface area contributed by atoms with Crippen molar-refractivity contribution in [3.63, 3.8) is 0 Å². The molecule has 2 aromatic rings. The van der Waals surface area contributed by atoms with Crippen molar-refractivity contribution in [1.29, 1.82) is 0 Å². The number of halogens is 3. The number of nitrogens with one attached hydrogen (secondary N) is 1. The molecule has 1 heterocycles. The zero-order valence-electron chi connectivity index (χ0n) is 11.1. The van der Waals surface area contributed by atoms with E-state index in [2.05, 4.69) is 41.8 Å². The van der Waals surface area contributed by atoms with Gasteiger partial charge in [-0.15, -0.1) is 0 Å². The lowest BCUT2D eigenvalue weighted by Gasteiger charge is -2.13. The molecule has 1 N–H and O–H groups in total. The summed E-state index contributed by atoms with van der Waals surface area (Å²) in [5.41, 5.74) is 1.11. The van der Waals surface area contributed by atoms with Crippen LogP contribution in [0.3, 0.4) is 0 Å². The van der Waals surface area contributed by atoms with Crippen molar-refractivity contribution in [3.05, 3.63) is 49.0 Å². The number of hydrogen-bond donors (Lipinski definition) is 1. The van der Waals surface area contributed by atoms with Gasteiger partial charge >= 0.3 is 0 Å². The van der Waals surface area contributed by atoms with Crippen LogP contribution >= 0.6 is 31.9 Å². The summed E-state index contributed by atoms with van der Waals surface area (Å²) in [6.07, 6.45) is 4.40. The highest BCUT2D eigenvalue weighted by atomic mass is 79.9. The van der Waals surface area contributed by atoms with Crippen LogP contribution in [0.25, 0.3) is 11.4 Å². The third-order valence-corrected chi connectivity index (χ3v) is 5.27. The topological polar surface area (TPSA) is 45.8 Å². The molecule has 0 saturated heterocycles. The second-order valence-electron chi connectivity index (χ2n) is 5.22. The van der Waals surface area contributed by atoms with E-state index >= 15 is 0 Å². The van der Waals surface area contributed by atoms with Crippen LogP contribution in [0.2, 0.25) is 0 Å². The molecule has 0 bridgehead atoms. The third-order valence-electron chi connectivity index (χ3n) is 3.81. The second-order valence-corrected chi connectivity index (χ2v) is 6.87. The first-order chi connectivity index (χ1) is 10.1. The summed E-state index contributed by atoms with van der Waals surface area (Å²) >= 11 is 6.72. The van der Waals surface area contributed by atoms with Crippen LogP contribution in [0.4, 0.5) is 4.39 Å². The minimum Gasteiger partial charge on any atom is -0.305 e. The van der Waals surface area contributed by atoms with Gasteiger partial charge in [-0.3, -0.25) is 4.79 Å². The zero-order chi connectivity index (χ0) is 15.0. The van der Waals surface area contributed by atoms with Crippen LogP contribution in [0, 0.1) is 5.82 Å². The van der Waals surface area contributed by atoms with Gasteiger partial charge in [0.1, 0.15) is 16.1 Å². The summed E-state index contributed by atoms with van der Waals surface area (Å²) in [6, 6.07) is 4.35. The van der Waals surface area contributed by atoms with E-state index in [0.717, 1.165) is 31.4 Å². The molecule has 110 valence electrons. The standard InChI is InChI=1S/C15H13Br2FN2O/c16-11-6-5-9(18)7-10(11)14-19-13(8-3-1-2-4-8)12(17)15(21)20-14/h5-8H,1-4H2,(H,19,20,21). The monoisotopic (exact) mass is 414 g/mol. The minimum absolute atomic E-state index is 0.224. The average Bonchev–Trinajstić information content (AvgIpc) is 2.98. The van der Waals surface area contributed by atoms with Crippen molar-refractivity contribution < 1.29 is 4.39 Å². The molecular formula is C15H13Br2FN2O. The summed E-state index contributed by atoms with van der Waals surface area (Å²) in [7, 11) is 0. The number of benzene rings is 1. The van der Waals surface area contributed by atoms with Crippen molar-refractivity contribution in [2.24, 2.45) is 0 Å². The Labute approximate surface area is 138 Å². The van der Waals surface area contributed by atoms with Gasteiger partial charge in [0.15, 0.2) is 0 Å². The molecule has 0 radical (unpaired) electrons. The molecule has 0 aliphatic heterocycles. The van der Waals surface area contributed by atoms with Gasteiger partial charge in [-0.2, -0.15) is 0 Å². The summed E-state index contributed by atoms with van der Waals surface area (Å²) in [4.78, 5) is 19.4. The summed E-state index contributed by atoms with van der Waals surface area (Å²) in [6.45, 7) is 0. The molecule has 1 aliphatic carbocycles. The lowest BCUT2D eigenvalue weighted by atomic mass is 10.0. The molecule has 3 nitrogen and oxygen atoms in total. The highest BCUT2D eigenvalue weighted by Gasteiger charge is 2.23. The van der Waals surface area contributed by atoms with E-state index in [1.807, 2.05) is 0 Å². The van der Waals surface area contributed by atoms with Crippen LogP contribution in [-0.2, 0) is 0 Å². The molecule has 1 saturated carbocycles.